The van der Waals surface area contributed by atoms with Crippen LogP contribution >= 0.6 is 0 Å². The first kappa shape index (κ1) is 19.4. The fraction of sp³-hybridized carbons (Fsp3) is 0.222. The molecule has 0 unspecified atom stereocenters. The molecule has 4 aromatic rings. The van der Waals surface area contributed by atoms with E-state index in [9.17, 15) is 4.79 Å². The van der Waals surface area contributed by atoms with Gasteiger partial charge in [0.15, 0.2) is 0 Å². The van der Waals surface area contributed by atoms with Gasteiger partial charge in [0.05, 0.1) is 6.04 Å². The zero-order valence-corrected chi connectivity index (χ0v) is 18.2. The first-order valence-electron chi connectivity index (χ1n) is 10.8. The first-order valence-corrected chi connectivity index (χ1v) is 10.8. The molecular formula is C27H27N3O. The standard InChI is InChI=1S/C27H27N3O/c1-17-8-10-20(11-9-17)26-25-23(22-6-4-5-7-24(22)29-25)12-13-30(26)27(31)28-21-15-18(2)14-19(3)16-21/h4-11,14-16,26,29H,12-13H2,1-3H3,(H,28,31)/t26-/m1/s1. The Morgan fingerprint density at radius 2 is 1.65 bits per heavy atom. The number of urea groups is 1. The Kier molecular flexibility index (Phi) is 4.78. The lowest BCUT2D eigenvalue weighted by atomic mass is 9.92. The molecule has 0 saturated heterocycles. The van der Waals surface area contributed by atoms with Gasteiger partial charge in [0.2, 0.25) is 0 Å². The number of nitrogens with one attached hydrogen (secondary N) is 2. The van der Waals surface area contributed by atoms with Gasteiger partial charge in [-0.25, -0.2) is 4.79 Å². The molecule has 0 fully saturated rings. The predicted octanol–water partition coefficient (Wildman–Crippen LogP) is 6.27. The van der Waals surface area contributed by atoms with E-state index < -0.39 is 0 Å². The van der Waals surface area contributed by atoms with Gasteiger partial charge >= 0.3 is 6.03 Å². The fourth-order valence-electron chi connectivity index (χ4n) is 4.80. The van der Waals surface area contributed by atoms with Crippen molar-refractivity contribution < 1.29 is 4.79 Å². The van der Waals surface area contributed by atoms with E-state index in [4.69, 9.17) is 0 Å². The number of aromatic amines is 1. The van der Waals surface area contributed by atoms with Gasteiger partial charge in [-0.1, -0.05) is 54.1 Å². The van der Waals surface area contributed by atoms with Gasteiger partial charge in [-0.2, -0.15) is 0 Å². The normalized spacial score (nSPS) is 15.7. The third kappa shape index (κ3) is 3.59. The van der Waals surface area contributed by atoms with E-state index >= 15 is 0 Å². The second-order valence-electron chi connectivity index (χ2n) is 8.63. The number of hydrogen-bond donors (Lipinski definition) is 2. The number of anilines is 1. The molecule has 0 aliphatic carbocycles. The molecule has 0 spiro atoms. The molecule has 1 atom stereocenters. The second kappa shape index (κ2) is 7.62. The van der Waals surface area contributed by atoms with Crippen molar-refractivity contribution in [2.24, 2.45) is 0 Å². The summed E-state index contributed by atoms with van der Waals surface area (Å²) in [5.41, 5.74) is 9.01. The third-order valence-electron chi connectivity index (χ3n) is 6.16. The number of nitrogens with zero attached hydrogens (tertiary/aromatic N) is 1. The average Bonchev–Trinajstić information content (AvgIpc) is 3.12. The fourth-order valence-corrected chi connectivity index (χ4v) is 4.80. The van der Waals surface area contributed by atoms with Crippen molar-refractivity contribution in [3.05, 3.63) is 100 Å². The Labute approximate surface area is 182 Å². The molecule has 5 rings (SSSR count). The number of fused-ring (bicyclic) bond motifs is 3. The average molecular weight is 410 g/mol. The SMILES string of the molecule is Cc1ccc([C@@H]2c3[nH]c4ccccc4c3CCN2C(=O)Nc2cc(C)cc(C)c2)cc1. The van der Waals surface area contributed by atoms with Gasteiger partial charge in [-0.3, -0.25) is 0 Å². The Morgan fingerprint density at radius 1 is 0.935 bits per heavy atom. The lowest BCUT2D eigenvalue weighted by Gasteiger charge is -2.36. The number of carbonyl (C=O) groups is 1. The van der Waals surface area contributed by atoms with Crippen LogP contribution in [0.2, 0.25) is 0 Å². The van der Waals surface area contributed by atoms with Crippen molar-refractivity contribution >= 4 is 22.6 Å². The summed E-state index contributed by atoms with van der Waals surface area (Å²) in [6.45, 7) is 6.86. The number of hydrogen-bond acceptors (Lipinski definition) is 1. The van der Waals surface area contributed by atoms with Crippen molar-refractivity contribution in [2.45, 2.75) is 33.2 Å². The molecule has 2 amide bonds. The van der Waals surface area contributed by atoms with E-state index in [0.29, 0.717) is 6.54 Å². The third-order valence-corrected chi connectivity index (χ3v) is 6.16. The Hall–Kier alpha value is -3.53. The molecule has 1 aliphatic heterocycles. The molecule has 1 aliphatic rings. The molecular weight excluding hydrogens is 382 g/mol. The van der Waals surface area contributed by atoms with Crippen LogP contribution in [0.3, 0.4) is 0 Å². The Bertz CT molecular complexity index is 1250. The molecule has 0 radical (unpaired) electrons. The van der Waals surface area contributed by atoms with E-state index in [-0.39, 0.29) is 12.1 Å². The number of benzene rings is 3. The topological polar surface area (TPSA) is 48.1 Å². The molecule has 4 heteroatoms. The summed E-state index contributed by atoms with van der Waals surface area (Å²) in [6, 6.07) is 22.8. The van der Waals surface area contributed by atoms with E-state index in [2.05, 4.69) is 85.7 Å². The van der Waals surface area contributed by atoms with Crippen molar-refractivity contribution in [1.82, 2.24) is 9.88 Å². The zero-order chi connectivity index (χ0) is 21.5. The van der Waals surface area contributed by atoms with Crippen LogP contribution in [0.5, 0.6) is 0 Å². The van der Waals surface area contributed by atoms with E-state index in [1.54, 1.807) is 0 Å². The number of para-hydroxylation sites is 1. The van der Waals surface area contributed by atoms with E-state index in [1.807, 2.05) is 17.0 Å². The highest BCUT2D eigenvalue weighted by atomic mass is 16.2. The number of carbonyl (C=O) groups excluding carboxylic acids is 1. The number of amides is 2. The first-order chi connectivity index (χ1) is 15.0. The summed E-state index contributed by atoms with van der Waals surface area (Å²) in [4.78, 5) is 19.0. The Balaban J connectivity index is 1.57. The predicted molar refractivity (Wildman–Crippen MR) is 127 cm³/mol. The quantitative estimate of drug-likeness (QED) is 0.402. The van der Waals surface area contributed by atoms with Gasteiger partial charge < -0.3 is 15.2 Å². The van der Waals surface area contributed by atoms with E-state index in [1.165, 1.54) is 16.5 Å². The highest BCUT2D eigenvalue weighted by Gasteiger charge is 2.34. The smallest absolute Gasteiger partial charge is 0.322 e. The van der Waals surface area contributed by atoms with Crippen LogP contribution in [-0.4, -0.2) is 22.5 Å². The van der Waals surface area contributed by atoms with Crippen LogP contribution in [0.25, 0.3) is 10.9 Å². The van der Waals surface area contributed by atoms with Gasteiger partial charge in [0.1, 0.15) is 0 Å². The summed E-state index contributed by atoms with van der Waals surface area (Å²) >= 11 is 0. The summed E-state index contributed by atoms with van der Waals surface area (Å²) in [7, 11) is 0. The minimum absolute atomic E-state index is 0.0696. The Morgan fingerprint density at radius 3 is 2.39 bits per heavy atom. The lowest BCUT2D eigenvalue weighted by Crippen LogP contribution is -2.43. The van der Waals surface area contributed by atoms with Crippen LogP contribution in [0.15, 0.2) is 66.7 Å². The maximum Gasteiger partial charge on any atom is 0.322 e. The molecule has 31 heavy (non-hydrogen) atoms. The summed E-state index contributed by atoms with van der Waals surface area (Å²) in [6.07, 6.45) is 0.835. The van der Waals surface area contributed by atoms with Crippen LogP contribution in [0.1, 0.15) is 39.6 Å². The van der Waals surface area contributed by atoms with E-state index in [0.717, 1.165) is 40.0 Å². The van der Waals surface area contributed by atoms with Gasteiger partial charge in [0.25, 0.3) is 0 Å². The van der Waals surface area contributed by atoms with Gasteiger partial charge in [-0.05, 0) is 67.6 Å². The van der Waals surface area contributed by atoms with Crippen LogP contribution < -0.4 is 5.32 Å². The monoisotopic (exact) mass is 409 g/mol. The van der Waals surface area contributed by atoms with Gasteiger partial charge in [-0.15, -0.1) is 0 Å². The highest BCUT2D eigenvalue weighted by molar-refractivity contribution is 5.91. The summed E-state index contributed by atoms with van der Waals surface area (Å²) in [5, 5.41) is 4.40. The number of aryl methyl sites for hydroxylation is 3. The molecule has 156 valence electrons. The minimum Gasteiger partial charge on any atom is -0.356 e. The largest absolute Gasteiger partial charge is 0.356 e. The number of H-pyrrole nitrogens is 1. The molecule has 0 saturated carbocycles. The van der Waals surface area contributed by atoms with Crippen molar-refractivity contribution in [1.29, 1.82) is 0 Å². The number of aromatic nitrogens is 1. The zero-order valence-electron chi connectivity index (χ0n) is 18.2. The molecule has 3 aromatic carbocycles. The van der Waals surface area contributed by atoms with Crippen molar-refractivity contribution in [3.8, 4) is 0 Å². The maximum atomic E-state index is 13.5. The molecule has 2 heterocycles. The molecule has 2 N–H and O–H groups in total. The second-order valence-corrected chi connectivity index (χ2v) is 8.63. The van der Waals surface area contributed by atoms with Crippen molar-refractivity contribution in [2.75, 3.05) is 11.9 Å². The summed E-state index contributed by atoms with van der Waals surface area (Å²) in [5.74, 6) is 0. The summed E-state index contributed by atoms with van der Waals surface area (Å²) < 4.78 is 0. The highest BCUT2D eigenvalue weighted by Crippen LogP contribution is 2.38. The van der Waals surface area contributed by atoms with Crippen molar-refractivity contribution in [3.63, 3.8) is 0 Å². The van der Waals surface area contributed by atoms with Crippen LogP contribution in [0.4, 0.5) is 10.5 Å². The minimum atomic E-state index is -0.150. The van der Waals surface area contributed by atoms with Crippen LogP contribution in [-0.2, 0) is 6.42 Å². The van der Waals surface area contributed by atoms with Crippen LogP contribution in [0, 0.1) is 20.8 Å². The molecule has 1 aromatic heterocycles. The van der Waals surface area contributed by atoms with Gasteiger partial charge in [0, 0.05) is 28.8 Å². The maximum absolute atomic E-state index is 13.5. The number of rotatable bonds is 2. The lowest BCUT2D eigenvalue weighted by molar-refractivity contribution is 0.193. The molecule has 0 bridgehead atoms. The molecule has 4 nitrogen and oxygen atoms in total.